The van der Waals surface area contributed by atoms with Gasteiger partial charge in [0.1, 0.15) is 5.69 Å². The monoisotopic (exact) mass is 245 g/mol. The average molecular weight is 245 g/mol. The molecule has 2 rings (SSSR count). The van der Waals surface area contributed by atoms with Gasteiger partial charge in [0.25, 0.3) is 0 Å². The molecule has 0 fully saturated rings. The topological polar surface area (TPSA) is 97.7 Å². The number of aromatic nitrogens is 4. The van der Waals surface area contributed by atoms with E-state index < -0.39 is 0 Å². The number of methoxy groups -OCH3 is 1. The second kappa shape index (κ2) is 5.72. The van der Waals surface area contributed by atoms with E-state index in [1.54, 1.807) is 12.1 Å². The zero-order chi connectivity index (χ0) is 12.8. The molecule has 7 heteroatoms. The molecule has 92 valence electrons. The zero-order valence-electron chi connectivity index (χ0n) is 9.83. The fraction of sp³-hybridized carbons (Fsp3) is 0.364. The molecule has 2 aromatic heterocycles. The zero-order valence-corrected chi connectivity index (χ0v) is 9.83. The molecule has 0 bridgehead atoms. The van der Waals surface area contributed by atoms with Crippen LogP contribution in [0.25, 0.3) is 11.5 Å². The summed E-state index contributed by atoms with van der Waals surface area (Å²) in [6.45, 7) is 0. The van der Waals surface area contributed by atoms with Crippen molar-refractivity contribution in [3.8, 4) is 23.5 Å². The summed E-state index contributed by atoms with van der Waals surface area (Å²) in [4.78, 5) is 4.18. The third-order valence-corrected chi connectivity index (χ3v) is 2.23. The summed E-state index contributed by atoms with van der Waals surface area (Å²) in [6, 6.07) is 5.44. The molecule has 7 nitrogen and oxygen atoms in total. The van der Waals surface area contributed by atoms with Crippen LogP contribution in [-0.2, 0) is 6.42 Å². The van der Waals surface area contributed by atoms with Crippen LogP contribution in [-0.4, -0.2) is 27.4 Å². The lowest BCUT2D eigenvalue weighted by molar-refractivity contribution is 0.376. The molecule has 0 aromatic carbocycles. The van der Waals surface area contributed by atoms with Crippen LogP contribution >= 0.6 is 0 Å². The standard InChI is InChI=1S/C11H11N5O2/c1-17-10-6-5-8(14-15-10)11-13-9(18-16-11)4-2-3-7-12/h5-6H,2-4H2,1H3. The largest absolute Gasteiger partial charge is 0.480 e. The van der Waals surface area contributed by atoms with Gasteiger partial charge in [0.05, 0.1) is 13.2 Å². The fourth-order valence-electron chi connectivity index (χ4n) is 1.33. The van der Waals surface area contributed by atoms with Gasteiger partial charge in [0.15, 0.2) is 0 Å². The number of hydrogen-bond donors (Lipinski definition) is 0. The van der Waals surface area contributed by atoms with Gasteiger partial charge in [0, 0.05) is 18.9 Å². The predicted octanol–water partition coefficient (Wildman–Crippen LogP) is 1.38. The lowest BCUT2D eigenvalue weighted by atomic mass is 10.2. The molecule has 0 saturated heterocycles. The van der Waals surface area contributed by atoms with Crippen molar-refractivity contribution < 1.29 is 9.26 Å². The molecule has 0 unspecified atom stereocenters. The number of hydrogen-bond acceptors (Lipinski definition) is 7. The van der Waals surface area contributed by atoms with Gasteiger partial charge in [-0.3, -0.25) is 0 Å². The number of unbranched alkanes of at least 4 members (excludes halogenated alkanes) is 1. The van der Waals surface area contributed by atoms with E-state index in [2.05, 4.69) is 26.4 Å². The lowest BCUT2D eigenvalue weighted by Gasteiger charge is -1.96. The highest BCUT2D eigenvalue weighted by Gasteiger charge is 2.10. The molecular formula is C11H11N5O2. The Labute approximate surface area is 103 Å². The van der Waals surface area contributed by atoms with Crippen molar-refractivity contribution in [1.29, 1.82) is 5.26 Å². The fourth-order valence-corrected chi connectivity index (χ4v) is 1.33. The van der Waals surface area contributed by atoms with Crippen molar-refractivity contribution in [2.75, 3.05) is 7.11 Å². The Bertz CT molecular complexity index is 543. The molecule has 0 aliphatic carbocycles. The predicted molar refractivity (Wildman–Crippen MR) is 60.4 cm³/mol. The van der Waals surface area contributed by atoms with Gasteiger partial charge in [-0.15, -0.1) is 10.2 Å². The molecule has 0 spiro atoms. The van der Waals surface area contributed by atoms with E-state index in [1.807, 2.05) is 0 Å². The Morgan fingerprint density at radius 3 is 2.94 bits per heavy atom. The first kappa shape index (κ1) is 12.0. The molecule has 0 N–H and O–H groups in total. The molecule has 18 heavy (non-hydrogen) atoms. The number of ether oxygens (including phenoxy) is 1. The van der Waals surface area contributed by atoms with E-state index >= 15 is 0 Å². The Morgan fingerprint density at radius 1 is 1.39 bits per heavy atom. The first-order valence-electron chi connectivity index (χ1n) is 5.41. The molecule has 2 heterocycles. The summed E-state index contributed by atoms with van der Waals surface area (Å²) < 4.78 is 9.96. The quantitative estimate of drug-likeness (QED) is 0.734. The van der Waals surface area contributed by atoms with Gasteiger partial charge in [-0.25, -0.2) is 0 Å². The van der Waals surface area contributed by atoms with E-state index in [1.165, 1.54) is 7.11 Å². The highest BCUT2D eigenvalue weighted by molar-refractivity contribution is 5.47. The highest BCUT2D eigenvalue weighted by Crippen LogP contribution is 2.15. The minimum Gasteiger partial charge on any atom is -0.480 e. The molecule has 0 radical (unpaired) electrons. The van der Waals surface area contributed by atoms with Gasteiger partial charge in [-0.1, -0.05) is 5.16 Å². The Balaban J connectivity index is 2.06. The Morgan fingerprint density at radius 2 is 2.28 bits per heavy atom. The summed E-state index contributed by atoms with van der Waals surface area (Å²) >= 11 is 0. The number of nitrogens with zero attached hydrogens (tertiary/aromatic N) is 5. The van der Waals surface area contributed by atoms with Gasteiger partial charge in [-0.2, -0.15) is 10.2 Å². The third kappa shape index (κ3) is 2.79. The van der Waals surface area contributed by atoms with Gasteiger partial charge in [-0.05, 0) is 12.5 Å². The van der Waals surface area contributed by atoms with E-state index in [4.69, 9.17) is 14.5 Å². The molecule has 0 atom stereocenters. The van der Waals surface area contributed by atoms with E-state index in [9.17, 15) is 0 Å². The van der Waals surface area contributed by atoms with Gasteiger partial charge < -0.3 is 9.26 Å². The first-order chi connectivity index (χ1) is 8.83. The minimum atomic E-state index is 0.386. The second-order valence-corrected chi connectivity index (χ2v) is 3.48. The normalized spacial score (nSPS) is 10.0. The number of nitriles is 1. The van der Waals surface area contributed by atoms with Crippen molar-refractivity contribution in [2.24, 2.45) is 0 Å². The van der Waals surface area contributed by atoms with E-state index in [0.29, 0.717) is 42.6 Å². The highest BCUT2D eigenvalue weighted by atomic mass is 16.5. The maximum Gasteiger partial charge on any atom is 0.233 e. The number of aryl methyl sites for hydroxylation is 1. The molecule has 0 aliphatic rings. The smallest absolute Gasteiger partial charge is 0.233 e. The molecule has 2 aromatic rings. The Kier molecular flexibility index (Phi) is 3.81. The van der Waals surface area contributed by atoms with Crippen LogP contribution in [0.3, 0.4) is 0 Å². The van der Waals surface area contributed by atoms with Crippen molar-refractivity contribution >= 4 is 0 Å². The summed E-state index contributed by atoms with van der Waals surface area (Å²) in [5.74, 6) is 1.31. The van der Waals surface area contributed by atoms with E-state index in [-0.39, 0.29) is 0 Å². The van der Waals surface area contributed by atoms with E-state index in [0.717, 1.165) is 0 Å². The van der Waals surface area contributed by atoms with Gasteiger partial charge in [0.2, 0.25) is 17.6 Å². The SMILES string of the molecule is COc1ccc(-c2noc(CCCC#N)n2)nn1. The summed E-state index contributed by atoms with van der Waals surface area (Å²) in [5.41, 5.74) is 0.520. The maximum absolute atomic E-state index is 8.43. The maximum atomic E-state index is 8.43. The molecular weight excluding hydrogens is 234 g/mol. The summed E-state index contributed by atoms with van der Waals surface area (Å²) in [7, 11) is 1.52. The van der Waals surface area contributed by atoms with Crippen LogP contribution in [0.5, 0.6) is 5.88 Å². The summed E-state index contributed by atoms with van der Waals surface area (Å²) in [6.07, 6.45) is 1.76. The van der Waals surface area contributed by atoms with Crippen LogP contribution in [0.1, 0.15) is 18.7 Å². The second-order valence-electron chi connectivity index (χ2n) is 3.48. The molecule has 0 saturated carbocycles. The summed E-state index contributed by atoms with van der Waals surface area (Å²) in [5, 5.41) is 20.0. The Hall–Kier alpha value is -2.49. The van der Waals surface area contributed by atoms with Crippen LogP contribution < -0.4 is 4.74 Å². The molecule has 0 aliphatic heterocycles. The van der Waals surface area contributed by atoms with Crippen molar-refractivity contribution in [1.82, 2.24) is 20.3 Å². The number of rotatable bonds is 5. The van der Waals surface area contributed by atoms with Crippen LogP contribution in [0, 0.1) is 11.3 Å². The van der Waals surface area contributed by atoms with Crippen molar-refractivity contribution in [3.05, 3.63) is 18.0 Å². The van der Waals surface area contributed by atoms with Crippen LogP contribution in [0.15, 0.2) is 16.7 Å². The minimum absolute atomic E-state index is 0.386. The van der Waals surface area contributed by atoms with Crippen molar-refractivity contribution in [3.63, 3.8) is 0 Å². The third-order valence-electron chi connectivity index (χ3n) is 2.23. The average Bonchev–Trinajstić information content (AvgIpc) is 2.88. The first-order valence-corrected chi connectivity index (χ1v) is 5.41. The van der Waals surface area contributed by atoms with Crippen LogP contribution in [0.2, 0.25) is 0 Å². The van der Waals surface area contributed by atoms with Gasteiger partial charge >= 0.3 is 0 Å². The lowest BCUT2D eigenvalue weighted by Crippen LogP contribution is -1.93. The molecule has 0 amide bonds. The van der Waals surface area contributed by atoms with Crippen molar-refractivity contribution in [2.45, 2.75) is 19.3 Å². The van der Waals surface area contributed by atoms with Crippen LogP contribution in [0.4, 0.5) is 0 Å².